The number of para-hydroxylation sites is 3. The van der Waals surface area contributed by atoms with E-state index in [9.17, 15) is 10.5 Å². The second-order valence-electron chi connectivity index (χ2n) is 13.7. The van der Waals surface area contributed by atoms with E-state index in [2.05, 4.69) is 159 Å². The van der Waals surface area contributed by atoms with Crippen LogP contribution in [0.2, 0.25) is 0 Å². The Morgan fingerprint density at radius 2 is 1.00 bits per heavy atom. The molecule has 0 radical (unpaired) electrons. The molecule has 2 aliphatic heterocycles. The van der Waals surface area contributed by atoms with Gasteiger partial charge >= 0.3 is 0 Å². The van der Waals surface area contributed by atoms with E-state index < -0.39 is 0 Å². The van der Waals surface area contributed by atoms with Crippen molar-refractivity contribution in [2.24, 2.45) is 0 Å². The maximum absolute atomic E-state index is 10.0. The second-order valence-corrected chi connectivity index (χ2v) is 13.7. The van der Waals surface area contributed by atoms with Crippen molar-refractivity contribution < 1.29 is 0 Å². The second kappa shape index (κ2) is 10.7. The number of nitriles is 2. The fourth-order valence-corrected chi connectivity index (χ4v) is 7.79. The molecule has 48 heavy (non-hydrogen) atoms. The predicted molar refractivity (Wildman–Crippen MR) is 195 cm³/mol. The van der Waals surface area contributed by atoms with E-state index in [1.54, 1.807) is 12.1 Å². The fraction of sp³-hybridized carbons (Fsp3) is 0.136. The molecule has 0 saturated heterocycles. The normalized spacial score (nSPS) is 14.9. The Morgan fingerprint density at radius 1 is 0.458 bits per heavy atom. The molecule has 2 heterocycles. The Balaban J connectivity index is 1.35. The molecule has 0 N–H and O–H groups in total. The molecular formula is C44H34N4. The van der Waals surface area contributed by atoms with Crippen LogP contribution in [-0.2, 0) is 10.8 Å². The number of benzene rings is 6. The van der Waals surface area contributed by atoms with Crippen LogP contribution in [0.4, 0.5) is 34.1 Å². The van der Waals surface area contributed by atoms with Crippen LogP contribution in [0.25, 0.3) is 11.1 Å². The van der Waals surface area contributed by atoms with Crippen molar-refractivity contribution >= 4 is 34.1 Å². The summed E-state index contributed by atoms with van der Waals surface area (Å²) >= 11 is 0. The van der Waals surface area contributed by atoms with Gasteiger partial charge in [0.2, 0.25) is 0 Å². The zero-order chi connectivity index (χ0) is 33.2. The van der Waals surface area contributed by atoms with Crippen LogP contribution in [-0.4, -0.2) is 0 Å². The first kappa shape index (κ1) is 29.3. The highest BCUT2D eigenvalue weighted by Gasteiger charge is 2.40. The Bertz CT molecular complexity index is 2290. The summed E-state index contributed by atoms with van der Waals surface area (Å²) in [5.74, 6) is 0. The van der Waals surface area contributed by atoms with Crippen LogP contribution < -0.4 is 9.80 Å². The molecule has 6 aromatic rings. The van der Waals surface area contributed by atoms with E-state index in [0.717, 1.165) is 33.9 Å². The Hall–Kier alpha value is -6.10. The van der Waals surface area contributed by atoms with Gasteiger partial charge in [0.25, 0.3) is 0 Å². The molecule has 0 spiro atoms. The van der Waals surface area contributed by atoms with E-state index in [1.807, 2.05) is 12.1 Å². The summed E-state index contributed by atoms with van der Waals surface area (Å²) in [7, 11) is 0. The standard InChI is InChI=1S/C44H34N4/c1-43(2)35-14-8-10-16-39(35)48(40-17-11-9-15-36(40)43)33-20-23-42-38(26-33)44(3,4)37-25-30(34-21-18-29(27-45)24-31(34)28-46)19-22-41(37)47(42)32-12-6-5-7-13-32/h5-26H,1-4H3. The fourth-order valence-electron chi connectivity index (χ4n) is 7.79. The number of hydrogen-bond acceptors (Lipinski definition) is 4. The SMILES string of the molecule is CC1(C)c2ccccc2N(c2ccc3c(c2)C(C)(C)c2cc(-c4ccc(C#N)cc4C#N)ccc2N3c2ccccc2)c2ccccc21. The van der Waals surface area contributed by atoms with Gasteiger partial charge < -0.3 is 9.80 Å². The maximum atomic E-state index is 10.0. The first-order chi connectivity index (χ1) is 23.2. The van der Waals surface area contributed by atoms with Gasteiger partial charge in [-0.3, -0.25) is 0 Å². The van der Waals surface area contributed by atoms with Gasteiger partial charge in [-0.05, 0) is 100 Å². The van der Waals surface area contributed by atoms with Gasteiger partial charge in [0.15, 0.2) is 0 Å². The average Bonchev–Trinajstić information content (AvgIpc) is 3.12. The van der Waals surface area contributed by atoms with E-state index in [0.29, 0.717) is 11.1 Å². The van der Waals surface area contributed by atoms with Crippen molar-refractivity contribution in [3.8, 4) is 23.3 Å². The summed E-state index contributed by atoms with van der Waals surface area (Å²) in [5.41, 5.74) is 14.1. The number of anilines is 6. The monoisotopic (exact) mass is 618 g/mol. The van der Waals surface area contributed by atoms with Gasteiger partial charge in [0, 0.05) is 22.2 Å². The topological polar surface area (TPSA) is 54.1 Å². The number of hydrogen-bond donors (Lipinski definition) is 0. The Labute approximate surface area is 282 Å². The van der Waals surface area contributed by atoms with Crippen molar-refractivity contribution in [1.29, 1.82) is 10.5 Å². The summed E-state index contributed by atoms with van der Waals surface area (Å²) < 4.78 is 0. The highest BCUT2D eigenvalue weighted by atomic mass is 15.2. The average molecular weight is 619 g/mol. The zero-order valence-electron chi connectivity index (χ0n) is 27.5. The summed E-state index contributed by atoms with van der Waals surface area (Å²) in [5, 5.41) is 19.5. The molecule has 0 bridgehead atoms. The molecule has 6 aromatic carbocycles. The lowest BCUT2D eigenvalue weighted by molar-refractivity contribution is 0.628. The highest BCUT2D eigenvalue weighted by molar-refractivity contribution is 5.91. The molecule has 0 saturated carbocycles. The van der Waals surface area contributed by atoms with Crippen LogP contribution in [0.15, 0.2) is 133 Å². The summed E-state index contributed by atoms with van der Waals surface area (Å²) in [6, 6.07) is 51.3. The summed E-state index contributed by atoms with van der Waals surface area (Å²) in [6.45, 7) is 9.23. The molecule has 0 aliphatic carbocycles. The molecule has 0 atom stereocenters. The van der Waals surface area contributed by atoms with Crippen LogP contribution in [0.1, 0.15) is 61.1 Å². The first-order valence-electron chi connectivity index (χ1n) is 16.3. The van der Waals surface area contributed by atoms with Gasteiger partial charge in [0.05, 0.1) is 46.0 Å². The van der Waals surface area contributed by atoms with Gasteiger partial charge in [0.1, 0.15) is 0 Å². The minimum absolute atomic E-state index is 0.135. The Kier molecular flexibility index (Phi) is 6.55. The smallest absolute Gasteiger partial charge is 0.0998 e. The molecule has 0 aromatic heterocycles. The third-order valence-corrected chi connectivity index (χ3v) is 10.3. The van der Waals surface area contributed by atoms with Gasteiger partial charge in [-0.1, -0.05) is 94.4 Å². The van der Waals surface area contributed by atoms with Crippen LogP contribution >= 0.6 is 0 Å². The van der Waals surface area contributed by atoms with Crippen molar-refractivity contribution in [1.82, 2.24) is 0 Å². The van der Waals surface area contributed by atoms with Gasteiger partial charge in [-0.2, -0.15) is 10.5 Å². The molecule has 0 fully saturated rings. The molecule has 0 unspecified atom stereocenters. The first-order valence-corrected chi connectivity index (χ1v) is 16.3. The van der Waals surface area contributed by atoms with E-state index in [1.165, 1.54) is 33.6 Å². The van der Waals surface area contributed by atoms with E-state index in [-0.39, 0.29) is 10.8 Å². The summed E-state index contributed by atoms with van der Waals surface area (Å²) in [6.07, 6.45) is 0. The number of nitrogens with zero attached hydrogens (tertiary/aromatic N) is 4. The predicted octanol–water partition coefficient (Wildman–Crippen LogP) is 11.3. The maximum Gasteiger partial charge on any atom is 0.0998 e. The van der Waals surface area contributed by atoms with Gasteiger partial charge in [-0.15, -0.1) is 0 Å². The number of rotatable bonds is 3. The minimum Gasteiger partial charge on any atom is -0.310 e. The quantitative estimate of drug-likeness (QED) is 0.198. The van der Waals surface area contributed by atoms with Crippen LogP contribution in [0, 0.1) is 22.7 Å². The minimum atomic E-state index is -0.380. The molecule has 4 heteroatoms. The third kappa shape index (κ3) is 4.27. The van der Waals surface area contributed by atoms with Crippen molar-refractivity contribution in [3.05, 3.63) is 167 Å². The summed E-state index contributed by atoms with van der Waals surface area (Å²) in [4.78, 5) is 4.77. The van der Waals surface area contributed by atoms with Crippen molar-refractivity contribution in [3.63, 3.8) is 0 Å². The Morgan fingerprint density at radius 3 is 1.65 bits per heavy atom. The number of fused-ring (bicyclic) bond motifs is 4. The van der Waals surface area contributed by atoms with Crippen LogP contribution in [0.5, 0.6) is 0 Å². The highest BCUT2D eigenvalue weighted by Crippen LogP contribution is 2.56. The molecule has 8 rings (SSSR count). The van der Waals surface area contributed by atoms with E-state index >= 15 is 0 Å². The van der Waals surface area contributed by atoms with Crippen molar-refractivity contribution in [2.75, 3.05) is 9.80 Å². The molecular weight excluding hydrogens is 585 g/mol. The lowest BCUT2D eigenvalue weighted by Crippen LogP contribution is -2.32. The molecule has 0 amide bonds. The molecule has 4 nitrogen and oxygen atoms in total. The zero-order valence-corrected chi connectivity index (χ0v) is 27.5. The largest absolute Gasteiger partial charge is 0.310 e. The molecule has 230 valence electrons. The molecule has 2 aliphatic rings. The van der Waals surface area contributed by atoms with E-state index in [4.69, 9.17) is 0 Å². The van der Waals surface area contributed by atoms with Crippen LogP contribution in [0.3, 0.4) is 0 Å². The third-order valence-electron chi connectivity index (χ3n) is 10.3. The van der Waals surface area contributed by atoms with Crippen molar-refractivity contribution in [2.45, 2.75) is 38.5 Å². The lowest BCUT2D eigenvalue weighted by atomic mass is 9.72. The lowest BCUT2D eigenvalue weighted by Gasteiger charge is -2.44. The van der Waals surface area contributed by atoms with Gasteiger partial charge in [-0.25, -0.2) is 0 Å².